The average molecular weight is 436 g/mol. The smallest absolute Gasteiger partial charge is 0.319 e. The second-order valence-corrected chi connectivity index (χ2v) is 7.70. The van der Waals surface area contributed by atoms with Gasteiger partial charge in [0.05, 0.1) is 10.0 Å². The summed E-state index contributed by atoms with van der Waals surface area (Å²) in [6, 6.07) is 13.9. The van der Waals surface area contributed by atoms with Gasteiger partial charge in [-0.25, -0.2) is 4.79 Å². The highest BCUT2D eigenvalue weighted by atomic mass is 35.5. The SMILES string of the molecule is O=C(NCC1CCN(C(=O)COc2ccccc2)CC1)Nc1ccc(Cl)c(Cl)c1. The Labute approximate surface area is 180 Å². The number of piperidine rings is 1. The largest absolute Gasteiger partial charge is 0.484 e. The van der Waals surface area contributed by atoms with Crippen molar-refractivity contribution in [3.63, 3.8) is 0 Å². The first-order valence-corrected chi connectivity index (χ1v) is 10.2. The second kappa shape index (κ2) is 10.4. The Morgan fingerprint density at radius 2 is 1.76 bits per heavy atom. The maximum absolute atomic E-state index is 12.3. The summed E-state index contributed by atoms with van der Waals surface area (Å²) in [5.41, 5.74) is 0.579. The molecule has 2 aromatic carbocycles. The van der Waals surface area contributed by atoms with Crippen LogP contribution < -0.4 is 15.4 Å². The van der Waals surface area contributed by atoms with Crippen LogP contribution in [0.25, 0.3) is 0 Å². The van der Waals surface area contributed by atoms with E-state index in [9.17, 15) is 9.59 Å². The van der Waals surface area contributed by atoms with E-state index in [1.165, 1.54) is 0 Å². The highest BCUT2D eigenvalue weighted by Crippen LogP contribution is 2.25. The lowest BCUT2D eigenvalue weighted by Gasteiger charge is -2.32. The van der Waals surface area contributed by atoms with Crippen LogP contribution in [0.2, 0.25) is 10.0 Å². The molecule has 2 aromatic rings. The summed E-state index contributed by atoms with van der Waals surface area (Å²) in [5, 5.41) is 6.43. The van der Waals surface area contributed by atoms with Gasteiger partial charge in [0.1, 0.15) is 5.75 Å². The zero-order chi connectivity index (χ0) is 20.6. The van der Waals surface area contributed by atoms with E-state index in [1.807, 2.05) is 35.2 Å². The predicted molar refractivity (Wildman–Crippen MR) is 115 cm³/mol. The average Bonchev–Trinajstić information content (AvgIpc) is 2.74. The molecule has 6 nitrogen and oxygen atoms in total. The van der Waals surface area contributed by atoms with E-state index in [4.69, 9.17) is 27.9 Å². The standard InChI is InChI=1S/C21H23Cl2N3O3/c22-18-7-6-16(12-19(18)23)25-21(28)24-13-15-8-10-26(11-9-15)20(27)14-29-17-4-2-1-3-5-17/h1-7,12,15H,8-11,13-14H2,(H2,24,25,28). The minimum Gasteiger partial charge on any atom is -0.484 e. The Bertz CT molecular complexity index is 840. The van der Waals surface area contributed by atoms with Crippen molar-refractivity contribution >= 4 is 40.8 Å². The molecule has 3 rings (SSSR count). The quantitative estimate of drug-likeness (QED) is 0.704. The van der Waals surface area contributed by atoms with Crippen LogP contribution in [0.1, 0.15) is 12.8 Å². The van der Waals surface area contributed by atoms with Crippen LogP contribution in [0.15, 0.2) is 48.5 Å². The first-order valence-electron chi connectivity index (χ1n) is 9.47. The van der Waals surface area contributed by atoms with Gasteiger partial charge in [-0.05, 0) is 49.1 Å². The van der Waals surface area contributed by atoms with Gasteiger partial charge < -0.3 is 20.3 Å². The van der Waals surface area contributed by atoms with E-state index < -0.39 is 0 Å². The van der Waals surface area contributed by atoms with Crippen molar-refractivity contribution in [3.05, 3.63) is 58.6 Å². The third-order valence-corrected chi connectivity index (χ3v) is 5.54. The van der Waals surface area contributed by atoms with Crippen molar-refractivity contribution in [2.75, 3.05) is 31.6 Å². The number of carbonyl (C=O) groups is 2. The summed E-state index contributed by atoms with van der Waals surface area (Å²) in [4.78, 5) is 26.2. The fourth-order valence-corrected chi connectivity index (χ4v) is 3.42. The van der Waals surface area contributed by atoms with Crippen molar-refractivity contribution in [2.45, 2.75) is 12.8 Å². The molecule has 0 unspecified atom stereocenters. The lowest BCUT2D eigenvalue weighted by molar-refractivity contribution is -0.134. The first-order chi connectivity index (χ1) is 14.0. The monoisotopic (exact) mass is 435 g/mol. The van der Waals surface area contributed by atoms with Gasteiger partial charge in [-0.2, -0.15) is 0 Å². The Hall–Kier alpha value is -2.44. The summed E-state index contributed by atoms with van der Waals surface area (Å²) < 4.78 is 5.53. The lowest BCUT2D eigenvalue weighted by atomic mass is 9.97. The van der Waals surface area contributed by atoms with E-state index in [0.717, 1.165) is 12.8 Å². The molecule has 0 spiro atoms. The number of ether oxygens (including phenoxy) is 1. The van der Waals surface area contributed by atoms with Crippen LogP contribution in [-0.4, -0.2) is 43.1 Å². The first kappa shape index (κ1) is 21.3. The summed E-state index contributed by atoms with van der Waals surface area (Å²) >= 11 is 11.8. The second-order valence-electron chi connectivity index (χ2n) is 6.89. The number of nitrogens with one attached hydrogen (secondary N) is 2. The highest BCUT2D eigenvalue weighted by Gasteiger charge is 2.23. The number of rotatable bonds is 6. The number of carbonyl (C=O) groups excluding carboxylic acids is 2. The van der Waals surface area contributed by atoms with Crippen LogP contribution in [0, 0.1) is 5.92 Å². The topological polar surface area (TPSA) is 70.7 Å². The molecule has 8 heteroatoms. The van der Waals surface area contributed by atoms with Crippen LogP contribution in [0.4, 0.5) is 10.5 Å². The Kier molecular flexibility index (Phi) is 7.61. The fourth-order valence-electron chi connectivity index (χ4n) is 3.13. The molecule has 1 aliphatic heterocycles. The third kappa shape index (κ3) is 6.54. The van der Waals surface area contributed by atoms with Crippen molar-refractivity contribution in [2.24, 2.45) is 5.92 Å². The maximum atomic E-state index is 12.3. The van der Waals surface area contributed by atoms with Crippen molar-refractivity contribution < 1.29 is 14.3 Å². The van der Waals surface area contributed by atoms with Gasteiger partial charge in [-0.3, -0.25) is 4.79 Å². The molecule has 1 aliphatic rings. The van der Waals surface area contributed by atoms with Gasteiger partial charge in [-0.15, -0.1) is 0 Å². The van der Waals surface area contributed by atoms with E-state index in [2.05, 4.69) is 10.6 Å². The zero-order valence-corrected chi connectivity index (χ0v) is 17.4. The van der Waals surface area contributed by atoms with Crippen molar-refractivity contribution in [1.82, 2.24) is 10.2 Å². The number of amides is 3. The van der Waals surface area contributed by atoms with Gasteiger partial charge in [0, 0.05) is 25.3 Å². The number of benzene rings is 2. The normalized spacial score (nSPS) is 14.3. The molecule has 1 heterocycles. The number of para-hydroxylation sites is 1. The third-order valence-electron chi connectivity index (χ3n) is 4.80. The molecule has 0 aromatic heterocycles. The molecule has 2 N–H and O–H groups in total. The number of hydrogen-bond donors (Lipinski definition) is 2. The molecular formula is C21H23Cl2N3O3. The summed E-state index contributed by atoms with van der Waals surface area (Å²) in [6.45, 7) is 1.92. The van der Waals surface area contributed by atoms with E-state index >= 15 is 0 Å². The van der Waals surface area contributed by atoms with Crippen LogP contribution in [-0.2, 0) is 4.79 Å². The zero-order valence-electron chi connectivity index (χ0n) is 15.9. The summed E-state index contributed by atoms with van der Waals surface area (Å²) in [6.07, 6.45) is 1.67. The highest BCUT2D eigenvalue weighted by molar-refractivity contribution is 6.42. The molecule has 0 radical (unpaired) electrons. The minimum atomic E-state index is -0.293. The maximum Gasteiger partial charge on any atom is 0.319 e. The molecule has 1 fully saturated rings. The number of likely N-dealkylation sites (tertiary alicyclic amines) is 1. The molecular weight excluding hydrogens is 413 g/mol. The van der Waals surface area contributed by atoms with Crippen LogP contribution in [0.3, 0.4) is 0 Å². The predicted octanol–water partition coefficient (Wildman–Crippen LogP) is 4.43. The van der Waals surface area contributed by atoms with E-state index in [0.29, 0.717) is 47.0 Å². The van der Waals surface area contributed by atoms with E-state index in [1.54, 1.807) is 18.2 Å². The molecule has 0 atom stereocenters. The Morgan fingerprint density at radius 1 is 1.03 bits per heavy atom. The Balaban J connectivity index is 1.35. The molecule has 154 valence electrons. The van der Waals surface area contributed by atoms with Gasteiger partial charge in [0.2, 0.25) is 0 Å². The molecule has 29 heavy (non-hydrogen) atoms. The van der Waals surface area contributed by atoms with Gasteiger partial charge in [0.25, 0.3) is 5.91 Å². The van der Waals surface area contributed by atoms with Crippen LogP contribution in [0.5, 0.6) is 5.75 Å². The molecule has 3 amide bonds. The van der Waals surface area contributed by atoms with Gasteiger partial charge >= 0.3 is 6.03 Å². The molecule has 0 saturated carbocycles. The van der Waals surface area contributed by atoms with Crippen molar-refractivity contribution in [3.8, 4) is 5.75 Å². The lowest BCUT2D eigenvalue weighted by Crippen LogP contribution is -2.43. The molecule has 1 saturated heterocycles. The number of urea groups is 1. The summed E-state index contributed by atoms with van der Waals surface area (Å²) in [7, 11) is 0. The fraction of sp³-hybridized carbons (Fsp3) is 0.333. The van der Waals surface area contributed by atoms with E-state index in [-0.39, 0.29) is 18.5 Å². The molecule has 0 bridgehead atoms. The minimum absolute atomic E-state index is 0.0161. The van der Waals surface area contributed by atoms with Gasteiger partial charge in [-0.1, -0.05) is 41.4 Å². The van der Waals surface area contributed by atoms with Crippen LogP contribution >= 0.6 is 23.2 Å². The summed E-state index contributed by atoms with van der Waals surface area (Å²) in [5.74, 6) is 0.999. The molecule has 0 aliphatic carbocycles. The number of hydrogen-bond acceptors (Lipinski definition) is 3. The number of anilines is 1. The Morgan fingerprint density at radius 3 is 2.45 bits per heavy atom. The number of nitrogens with zero attached hydrogens (tertiary/aromatic N) is 1. The van der Waals surface area contributed by atoms with Crippen molar-refractivity contribution in [1.29, 1.82) is 0 Å². The number of halogens is 2. The van der Waals surface area contributed by atoms with Gasteiger partial charge in [0.15, 0.2) is 6.61 Å².